The zero-order valence-corrected chi connectivity index (χ0v) is 18.2. The van der Waals surface area contributed by atoms with Crippen LogP contribution in [-0.4, -0.2) is 60.9 Å². The van der Waals surface area contributed by atoms with Gasteiger partial charge in [0.2, 0.25) is 5.91 Å². The van der Waals surface area contributed by atoms with Gasteiger partial charge in [-0.2, -0.15) is 0 Å². The Balaban J connectivity index is 1.29. The average Bonchev–Trinajstić information content (AvgIpc) is 3.30. The fourth-order valence-electron chi connectivity index (χ4n) is 4.23. The molecule has 4 rings (SSSR count). The molecule has 0 N–H and O–H groups in total. The van der Waals surface area contributed by atoms with E-state index in [1.165, 1.54) is 16.9 Å². The van der Waals surface area contributed by atoms with E-state index in [9.17, 15) is 9.59 Å². The van der Waals surface area contributed by atoms with E-state index >= 15 is 0 Å². The maximum absolute atomic E-state index is 13.0. The molecular formula is C22H26ClN3O2S. The summed E-state index contributed by atoms with van der Waals surface area (Å²) in [5, 5.41) is 2.67. The first-order chi connectivity index (χ1) is 14.0. The second-order valence-corrected chi connectivity index (χ2v) is 9.17. The Morgan fingerprint density at radius 2 is 1.72 bits per heavy atom. The summed E-state index contributed by atoms with van der Waals surface area (Å²) in [4.78, 5) is 32.5. The van der Waals surface area contributed by atoms with Crippen molar-refractivity contribution < 1.29 is 9.59 Å². The van der Waals surface area contributed by atoms with E-state index in [1.807, 2.05) is 45.5 Å². The van der Waals surface area contributed by atoms with Gasteiger partial charge in [0.05, 0.1) is 4.88 Å². The van der Waals surface area contributed by atoms with Gasteiger partial charge in [0.15, 0.2) is 0 Å². The maximum Gasteiger partial charge on any atom is 0.263 e. The zero-order valence-electron chi connectivity index (χ0n) is 16.6. The summed E-state index contributed by atoms with van der Waals surface area (Å²) in [6.45, 7) is 6.53. The van der Waals surface area contributed by atoms with E-state index < -0.39 is 0 Å². The minimum atomic E-state index is 0.0295. The van der Waals surface area contributed by atoms with E-state index in [0.29, 0.717) is 13.1 Å². The SMILES string of the molecule is Cc1ccc(Cl)cc1N1CCN(C(=O)C2CCN(C(=O)c3cccs3)CC2)CC1. The monoisotopic (exact) mass is 431 g/mol. The van der Waals surface area contributed by atoms with Crippen LogP contribution in [0.15, 0.2) is 35.7 Å². The zero-order chi connectivity index (χ0) is 20.4. The lowest BCUT2D eigenvalue weighted by molar-refractivity contribution is -0.137. The molecule has 0 atom stereocenters. The van der Waals surface area contributed by atoms with Crippen LogP contribution in [0.4, 0.5) is 5.69 Å². The molecule has 29 heavy (non-hydrogen) atoms. The summed E-state index contributed by atoms with van der Waals surface area (Å²) in [6.07, 6.45) is 1.51. The Morgan fingerprint density at radius 1 is 1.00 bits per heavy atom. The molecule has 1 aromatic carbocycles. The molecule has 0 spiro atoms. The minimum Gasteiger partial charge on any atom is -0.368 e. The number of aryl methyl sites for hydroxylation is 1. The Bertz CT molecular complexity index is 870. The number of anilines is 1. The number of thiophene rings is 1. The van der Waals surface area contributed by atoms with Crippen molar-refractivity contribution in [2.45, 2.75) is 19.8 Å². The summed E-state index contributed by atoms with van der Waals surface area (Å²) in [5.74, 6) is 0.369. The van der Waals surface area contributed by atoms with E-state index in [1.54, 1.807) is 0 Å². The summed E-state index contributed by atoms with van der Waals surface area (Å²) >= 11 is 7.64. The molecule has 0 saturated carbocycles. The van der Waals surface area contributed by atoms with Gasteiger partial charge in [0.25, 0.3) is 5.91 Å². The number of piperidine rings is 1. The van der Waals surface area contributed by atoms with Crippen molar-refractivity contribution in [2.24, 2.45) is 5.92 Å². The number of nitrogens with zero attached hydrogens (tertiary/aromatic N) is 3. The third kappa shape index (κ3) is 4.43. The fourth-order valence-corrected chi connectivity index (χ4v) is 5.09. The number of likely N-dealkylation sites (tertiary alicyclic amines) is 1. The Hall–Kier alpha value is -2.05. The molecule has 1 aromatic heterocycles. The Kier molecular flexibility index (Phi) is 6.11. The molecule has 3 heterocycles. The van der Waals surface area contributed by atoms with Crippen molar-refractivity contribution in [1.29, 1.82) is 0 Å². The highest BCUT2D eigenvalue weighted by Crippen LogP contribution is 2.27. The van der Waals surface area contributed by atoms with Crippen LogP contribution in [0.3, 0.4) is 0 Å². The molecule has 0 bridgehead atoms. The van der Waals surface area contributed by atoms with Gasteiger partial charge in [-0.3, -0.25) is 9.59 Å². The van der Waals surface area contributed by atoms with E-state index in [-0.39, 0.29) is 17.7 Å². The van der Waals surface area contributed by atoms with Crippen LogP contribution < -0.4 is 4.90 Å². The lowest BCUT2D eigenvalue weighted by Crippen LogP contribution is -2.52. The molecule has 0 unspecified atom stereocenters. The number of carbonyl (C=O) groups excluding carboxylic acids is 2. The van der Waals surface area contributed by atoms with Crippen LogP contribution in [0.5, 0.6) is 0 Å². The largest absolute Gasteiger partial charge is 0.368 e. The predicted octanol–water partition coefficient (Wildman–Crippen LogP) is 3.91. The van der Waals surface area contributed by atoms with Crippen LogP contribution in [0, 0.1) is 12.8 Å². The first-order valence-corrected chi connectivity index (χ1v) is 11.4. The number of hydrogen-bond acceptors (Lipinski definition) is 4. The van der Waals surface area contributed by atoms with Crippen LogP contribution in [0.1, 0.15) is 28.1 Å². The summed E-state index contributed by atoms with van der Waals surface area (Å²) in [6, 6.07) is 9.73. The van der Waals surface area contributed by atoms with E-state index in [4.69, 9.17) is 11.6 Å². The average molecular weight is 432 g/mol. The normalized spacial score (nSPS) is 18.2. The number of carbonyl (C=O) groups is 2. The van der Waals surface area contributed by atoms with Crippen molar-refractivity contribution in [2.75, 3.05) is 44.2 Å². The standard InChI is InChI=1S/C22H26ClN3O2S/c1-16-4-5-18(23)15-19(16)24-10-12-26(13-11-24)21(27)17-6-8-25(9-7-17)22(28)20-3-2-14-29-20/h2-5,14-15,17H,6-13H2,1H3. The van der Waals surface area contributed by atoms with Crippen LogP contribution in [0.25, 0.3) is 0 Å². The molecule has 2 amide bonds. The molecule has 0 radical (unpaired) electrons. The highest BCUT2D eigenvalue weighted by atomic mass is 35.5. The lowest BCUT2D eigenvalue weighted by Gasteiger charge is -2.39. The van der Waals surface area contributed by atoms with E-state index in [0.717, 1.165) is 54.6 Å². The second kappa shape index (κ2) is 8.76. The molecular weight excluding hydrogens is 406 g/mol. The number of halogens is 1. The molecule has 7 heteroatoms. The van der Waals surface area contributed by atoms with Gasteiger partial charge >= 0.3 is 0 Å². The third-order valence-corrected chi connectivity index (χ3v) is 7.06. The van der Waals surface area contributed by atoms with Crippen molar-refractivity contribution in [3.8, 4) is 0 Å². The van der Waals surface area contributed by atoms with Crippen LogP contribution in [-0.2, 0) is 4.79 Å². The lowest BCUT2D eigenvalue weighted by atomic mass is 9.94. The summed E-state index contributed by atoms with van der Waals surface area (Å²) < 4.78 is 0. The van der Waals surface area contributed by atoms with Gasteiger partial charge in [-0.1, -0.05) is 23.7 Å². The van der Waals surface area contributed by atoms with Gasteiger partial charge in [0.1, 0.15) is 0 Å². The third-order valence-electron chi connectivity index (χ3n) is 5.97. The molecule has 2 fully saturated rings. The maximum atomic E-state index is 13.0. The number of amides is 2. The molecule has 2 aliphatic heterocycles. The van der Waals surface area contributed by atoms with Gasteiger partial charge in [0, 0.05) is 55.9 Å². The molecule has 2 aliphatic rings. The summed E-state index contributed by atoms with van der Waals surface area (Å²) in [5.41, 5.74) is 2.36. The molecule has 154 valence electrons. The predicted molar refractivity (Wildman–Crippen MR) is 118 cm³/mol. The van der Waals surface area contributed by atoms with Crippen molar-refractivity contribution >= 4 is 40.4 Å². The van der Waals surface area contributed by atoms with Gasteiger partial charge in [-0.15, -0.1) is 11.3 Å². The topological polar surface area (TPSA) is 43.9 Å². The van der Waals surface area contributed by atoms with Crippen molar-refractivity contribution in [1.82, 2.24) is 9.80 Å². The highest BCUT2D eigenvalue weighted by Gasteiger charge is 2.32. The first kappa shape index (κ1) is 20.2. The second-order valence-electron chi connectivity index (χ2n) is 7.79. The number of piperazine rings is 1. The first-order valence-electron chi connectivity index (χ1n) is 10.2. The Labute approximate surface area is 180 Å². The van der Waals surface area contributed by atoms with Gasteiger partial charge in [-0.05, 0) is 48.9 Å². The molecule has 5 nitrogen and oxygen atoms in total. The van der Waals surface area contributed by atoms with Crippen molar-refractivity contribution in [3.63, 3.8) is 0 Å². The van der Waals surface area contributed by atoms with Crippen LogP contribution >= 0.6 is 22.9 Å². The van der Waals surface area contributed by atoms with E-state index in [2.05, 4.69) is 11.8 Å². The van der Waals surface area contributed by atoms with Crippen molar-refractivity contribution in [3.05, 3.63) is 51.2 Å². The number of hydrogen-bond donors (Lipinski definition) is 0. The Morgan fingerprint density at radius 3 is 2.38 bits per heavy atom. The number of benzene rings is 1. The van der Waals surface area contributed by atoms with Gasteiger partial charge < -0.3 is 14.7 Å². The van der Waals surface area contributed by atoms with Crippen LogP contribution in [0.2, 0.25) is 5.02 Å². The molecule has 2 saturated heterocycles. The van der Waals surface area contributed by atoms with Gasteiger partial charge in [-0.25, -0.2) is 0 Å². The number of rotatable bonds is 3. The molecule has 0 aliphatic carbocycles. The highest BCUT2D eigenvalue weighted by molar-refractivity contribution is 7.12. The molecule has 2 aromatic rings. The fraction of sp³-hybridized carbons (Fsp3) is 0.455. The smallest absolute Gasteiger partial charge is 0.263 e. The summed E-state index contributed by atoms with van der Waals surface area (Å²) in [7, 11) is 0. The quantitative estimate of drug-likeness (QED) is 0.740. The minimum absolute atomic E-state index is 0.0295.